The van der Waals surface area contributed by atoms with Gasteiger partial charge in [-0.2, -0.15) is 0 Å². The van der Waals surface area contributed by atoms with E-state index >= 15 is 0 Å². The summed E-state index contributed by atoms with van der Waals surface area (Å²) in [5, 5.41) is 18.9. The fraction of sp³-hybridized carbons (Fsp3) is 0.167. The molecule has 138 valence electrons. The average Bonchev–Trinajstić information content (AvgIpc) is 3.13. The Morgan fingerprint density at radius 2 is 1.81 bits per heavy atom. The van der Waals surface area contributed by atoms with Crippen LogP contribution in [0.4, 0.5) is 5.69 Å². The Morgan fingerprint density at radius 1 is 1.15 bits per heavy atom. The maximum Gasteiger partial charge on any atom is 0.361 e. The van der Waals surface area contributed by atoms with E-state index in [1.165, 1.54) is 16.8 Å². The molecule has 3 aromatic rings. The number of ether oxygens (including phenoxy) is 2. The highest BCUT2D eigenvalue weighted by atomic mass is 16.6. The van der Waals surface area contributed by atoms with Gasteiger partial charge in [-0.25, -0.2) is 9.48 Å². The van der Waals surface area contributed by atoms with Crippen molar-refractivity contribution in [2.45, 2.75) is 6.92 Å². The molecule has 1 heterocycles. The molecule has 0 spiro atoms. The van der Waals surface area contributed by atoms with Crippen LogP contribution in [0.15, 0.2) is 48.5 Å². The number of nitro groups is 1. The molecule has 9 nitrogen and oxygen atoms in total. The fourth-order valence-corrected chi connectivity index (χ4v) is 2.52. The molecule has 0 aliphatic carbocycles. The minimum absolute atomic E-state index is 0.0292. The van der Waals surface area contributed by atoms with Gasteiger partial charge in [0.15, 0.2) is 5.69 Å². The number of nitro benzene ring substituents is 1. The number of nitrogens with zero attached hydrogens (tertiary/aromatic N) is 4. The van der Waals surface area contributed by atoms with Gasteiger partial charge in [-0.3, -0.25) is 10.1 Å². The van der Waals surface area contributed by atoms with E-state index in [1.54, 1.807) is 50.4 Å². The van der Waals surface area contributed by atoms with Gasteiger partial charge in [0.25, 0.3) is 5.69 Å². The van der Waals surface area contributed by atoms with Gasteiger partial charge in [-0.1, -0.05) is 5.21 Å². The third-order valence-electron chi connectivity index (χ3n) is 3.81. The van der Waals surface area contributed by atoms with E-state index in [0.717, 1.165) is 0 Å². The molecule has 0 N–H and O–H groups in total. The fourth-order valence-electron chi connectivity index (χ4n) is 2.52. The third kappa shape index (κ3) is 3.61. The maximum atomic E-state index is 12.3. The lowest BCUT2D eigenvalue weighted by Gasteiger charge is -2.09. The van der Waals surface area contributed by atoms with Crippen molar-refractivity contribution in [2.24, 2.45) is 0 Å². The summed E-state index contributed by atoms with van der Waals surface area (Å²) in [6, 6.07) is 12.8. The monoisotopic (exact) mass is 368 g/mol. The summed E-state index contributed by atoms with van der Waals surface area (Å²) in [7, 11) is 1.56. The summed E-state index contributed by atoms with van der Waals surface area (Å²) in [6.45, 7) is 1.88. The number of hydrogen-bond acceptors (Lipinski definition) is 7. The van der Waals surface area contributed by atoms with Gasteiger partial charge in [0.05, 0.1) is 24.3 Å². The van der Waals surface area contributed by atoms with E-state index in [9.17, 15) is 14.9 Å². The molecule has 0 atom stereocenters. The van der Waals surface area contributed by atoms with E-state index in [2.05, 4.69) is 10.3 Å². The molecule has 1 aromatic heterocycles. The van der Waals surface area contributed by atoms with Crippen molar-refractivity contribution in [3.05, 3.63) is 64.3 Å². The smallest absolute Gasteiger partial charge is 0.361 e. The van der Waals surface area contributed by atoms with Crippen molar-refractivity contribution in [2.75, 3.05) is 13.7 Å². The first-order chi connectivity index (χ1) is 13.0. The van der Waals surface area contributed by atoms with Gasteiger partial charge >= 0.3 is 5.97 Å². The second-order valence-electron chi connectivity index (χ2n) is 5.42. The lowest BCUT2D eigenvalue weighted by atomic mass is 10.1. The summed E-state index contributed by atoms with van der Waals surface area (Å²) >= 11 is 0. The molecule has 0 aliphatic heterocycles. The first-order valence-corrected chi connectivity index (χ1v) is 8.07. The Labute approximate surface area is 154 Å². The van der Waals surface area contributed by atoms with Gasteiger partial charge in [0.1, 0.15) is 11.4 Å². The van der Waals surface area contributed by atoms with Crippen LogP contribution in [0.25, 0.3) is 16.9 Å². The highest BCUT2D eigenvalue weighted by Crippen LogP contribution is 2.28. The molecule has 0 bridgehead atoms. The summed E-state index contributed by atoms with van der Waals surface area (Å²) < 4.78 is 11.7. The summed E-state index contributed by atoms with van der Waals surface area (Å²) in [6.07, 6.45) is 0. The third-order valence-corrected chi connectivity index (χ3v) is 3.81. The van der Waals surface area contributed by atoms with Gasteiger partial charge in [0.2, 0.25) is 0 Å². The Morgan fingerprint density at radius 3 is 2.37 bits per heavy atom. The molecule has 9 heteroatoms. The molecule has 0 aliphatic rings. The molecule has 0 saturated carbocycles. The molecule has 2 aromatic carbocycles. The molecular formula is C18H16N4O5. The topological polar surface area (TPSA) is 109 Å². The van der Waals surface area contributed by atoms with Crippen LogP contribution in [-0.4, -0.2) is 39.6 Å². The number of esters is 1. The molecule has 0 amide bonds. The Hall–Kier alpha value is -3.75. The van der Waals surface area contributed by atoms with Crippen LogP contribution in [0.2, 0.25) is 0 Å². The zero-order valence-corrected chi connectivity index (χ0v) is 14.7. The van der Waals surface area contributed by atoms with Gasteiger partial charge < -0.3 is 9.47 Å². The second kappa shape index (κ2) is 7.65. The van der Waals surface area contributed by atoms with Crippen LogP contribution in [-0.2, 0) is 4.74 Å². The molecule has 0 radical (unpaired) electrons. The Kier molecular flexibility index (Phi) is 5.11. The second-order valence-corrected chi connectivity index (χ2v) is 5.42. The standard InChI is InChI=1S/C18H16N4O5/c1-3-27-18(23)16-17(12-4-6-14(7-5-12)22(24)25)21(20-19-16)13-8-10-15(26-2)11-9-13/h4-11H,3H2,1-2H3. The van der Waals surface area contributed by atoms with E-state index in [0.29, 0.717) is 22.7 Å². The van der Waals surface area contributed by atoms with Crippen LogP contribution in [0.3, 0.4) is 0 Å². The largest absolute Gasteiger partial charge is 0.497 e. The maximum absolute atomic E-state index is 12.3. The van der Waals surface area contributed by atoms with Gasteiger partial charge in [-0.05, 0) is 43.3 Å². The van der Waals surface area contributed by atoms with Crippen molar-refractivity contribution in [1.29, 1.82) is 0 Å². The van der Waals surface area contributed by atoms with E-state index in [4.69, 9.17) is 9.47 Å². The highest BCUT2D eigenvalue weighted by molar-refractivity contribution is 5.94. The van der Waals surface area contributed by atoms with E-state index in [1.807, 2.05) is 0 Å². The molecular weight excluding hydrogens is 352 g/mol. The number of aromatic nitrogens is 3. The number of carbonyl (C=O) groups is 1. The SMILES string of the molecule is CCOC(=O)c1nnn(-c2ccc(OC)cc2)c1-c1ccc([N+](=O)[O-])cc1. The number of carbonyl (C=O) groups excluding carboxylic acids is 1. The Bertz CT molecular complexity index is 964. The summed E-state index contributed by atoms with van der Waals surface area (Å²) in [4.78, 5) is 22.7. The van der Waals surface area contributed by atoms with Crippen molar-refractivity contribution < 1.29 is 19.2 Å². The minimum Gasteiger partial charge on any atom is -0.497 e. The number of non-ortho nitro benzene ring substituents is 1. The average molecular weight is 368 g/mol. The number of methoxy groups -OCH3 is 1. The zero-order valence-electron chi connectivity index (χ0n) is 14.7. The van der Waals surface area contributed by atoms with Crippen LogP contribution >= 0.6 is 0 Å². The molecule has 0 saturated heterocycles. The number of benzene rings is 2. The number of rotatable bonds is 6. The van der Waals surface area contributed by atoms with Gasteiger partial charge in [0, 0.05) is 17.7 Å². The molecule has 3 rings (SSSR count). The lowest BCUT2D eigenvalue weighted by molar-refractivity contribution is -0.384. The summed E-state index contributed by atoms with van der Waals surface area (Å²) in [5.74, 6) is 0.0481. The minimum atomic E-state index is -0.620. The van der Waals surface area contributed by atoms with Crippen LogP contribution in [0.5, 0.6) is 5.75 Å². The van der Waals surface area contributed by atoms with Crippen LogP contribution in [0, 0.1) is 10.1 Å². The van der Waals surface area contributed by atoms with E-state index in [-0.39, 0.29) is 18.0 Å². The van der Waals surface area contributed by atoms with Crippen molar-refractivity contribution in [3.63, 3.8) is 0 Å². The molecule has 0 fully saturated rings. The zero-order chi connectivity index (χ0) is 19.4. The van der Waals surface area contributed by atoms with Crippen molar-refractivity contribution in [3.8, 4) is 22.7 Å². The van der Waals surface area contributed by atoms with Gasteiger partial charge in [-0.15, -0.1) is 5.10 Å². The first-order valence-electron chi connectivity index (χ1n) is 8.07. The first kappa shape index (κ1) is 18.1. The van der Waals surface area contributed by atoms with Crippen molar-refractivity contribution >= 4 is 11.7 Å². The predicted molar refractivity (Wildman–Crippen MR) is 96.0 cm³/mol. The predicted octanol–water partition coefficient (Wildman–Crippen LogP) is 3.03. The highest BCUT2D eigenvalue weighted by Gasteiger charge is 2.23. The van der Waals surface area contributed by atoms with Crippen LogP contribution in [0.1, 0.15) is 17.4 Å². The quantitative estimate of drug-likeness (QED) is 0.374. The molecule has 0 unspecified atom stereocenters. The van der Waals surface area contributed by atoms with Crippen LogP contribution < -0.4 is 4.74 Å². The van der Waals surface area contributed by atoms with Crippen molar-refractivity contribution in [1.82, 2.24) is 15.0 Å². The van der Waals surface area contributed by atoms with E-state index < -0.39 is 10.9 Å². The lowest BCUT2D eigenvalue weighted by Crippen LogP contribution is -2.08. The molecule has 27 heavy (non-hydrogen) atoms. The normalized spacial score (nSPS) is 10.4. The number of hydrogen-bond donors (Lipinski definition) is 0. The Balaban J connectivity index is 2.13. The summed E-state index contributed by atoms with van der Waals surface area (Å²) in [5.41, 5.74) is 1.55.